The van der Waals surface area contributed by atoms with E-state index in [0.717, 1.165) is 0 Å². The van der Waals surface area contributed by atoms with Crippen molar-refractivity contribution in [2.75, 3.05) is 7.11 Å². The summed E-state index contributed by atoms with van der Waals surface area (Å²) in [6, 6.07) is 5.11. The number of halogens is 1. The molecule has 0 aliphatic carbocycles. The third-order valence-corrected chi connectivity index (χ3v) is 1.49. The van der Waals surface area contributed by atoms with Gasteiger partial charge in [0.1, 0.15) is 13.6 Å². The van der Waals surface area contributed by atoms with Crippen LogP contribution in [0.4, 0.5) is 0 Å². The summed E-state index contributed by atoms with van der Waals surface area (Å²) in [6.07, 6.45) is 0. The molecule has 0 aliphatic heterocycles. The van der Waals surface area contributed by atoms with Crippen molar-refractivity contribution in [2.45, 2.75) is 0 Å². The van der Waals surface area contributed by atoms with Crippen LogP contribution in [-0.2, 0) is 0 Å². The SMILES string of the molecule is [B]c1ccc(Cl)c(OC)c1. The van der Waals surface area contributed by atoms with Crippen molar-refractivity contribution in [3.05, 3.63) is 23.2 Å². The summed E-state index contributed by atoms with van der Waals surface area (Å²) in [5.41, 5.74) is 0.654. The molecule has 0 saturated carbocycles. The zero-order chi connectivity index (χ0) is 7.56. The average molecular weight is 152 g/mol. The van der Waals surface area contributed by atoms with Crippen LogP contribution in [0.2, 0.25) is 5.02 Å². The first-order valence-corrected chi connectivity index (χ1v) is 3.21. The first-order valence-electron chi connectivity index (χ1n) is 2.83. The van der Waals surface area contributed by atoms with E-state index in [4.69, 9.17) is 24.2 Å². The van der Waals surface area contributed by atoms with Gasteiger partial charge in [-0.3, -0.25) is 0 Å². The van der Waals surface area contributed by atoms with Gasteiger partial charge in [-0.15, -0.1) is 0 Å². The first kappa shape index (κ1) is 7.48. The monoisotopic (exact) mass is 152 g/mol. The van der Waals surface area contributed by atoms with Crippen LogP contribution in [0, 0.1) is 0 Å². The zero-order valence-corrected chi connectivity index (χ0v) is 6.35. The quantitative estimate of drug-likeness (QED) is 0.549. The molecule has 0 saturated heterocycles. The lowest BCUT2D eigenvalue weighted by Gasteiger charge is -2.02. The van der Waals surface area contributed by atoms with Gasteiger partial charge in [0.15, 0.2) is 0 Å². The molecule has 1 rings (SSSR count). The van der Waals surface area contributed by atoms with Gasteiger partial charge in [-0.1, -0.05) is 23.1 Å². The van der Waals surface area contributed by atoms with Gasteiger partial charge < -0.3 is 4.74 Å². The van der Waals surface area contributed by atoms with E-state index in [2.05, 4.69) is 0 Å². The molecule has 0 aromatic heterocycles. The second kappa shape index (κ2) is 2.97. The first-order chi connectivity index (χ1) is 4.74. The summed E-state index contributed by atoms with van der Waals surface area (Å²) in [4.78, 5) is 0. The summed E-state index contributed by atoms with van der Waals surface area (Å²) in [6.45, 7) is 0. The predicted molar refractivity (Wildman–Crippen MR) is 43.4 cm³/mol. The molecule has 0 fully saturated rings. The standard InChI is InChI=1S/C7H6BClO/c1-10-7-4-5(8)2-3-6(7)9/h2-4H,1H3. The Labute approximate surface area is 66.4 Å². The molecule has 0 aliphatic rings. The molecular formula is C7H6BClO. The maximum atomic E-state index is 5.72. The van der Waals surface area contributed by atoms with Gasteiger partial charge >= 0.3 is 0 Å². The van der Waals surface area contributed by atoms with E-state index in [-0.39, 0.29) is 0 Å². The molecule has 1 aromatic carbocycles. The molecule has 0 unspecified atom stereocenters. The van der Waals surface area contributed by atoms with Gasteiger partial charge in [-0.2, -0.15) is 0 Å². The summed E-state index contributed by atoms with van der Waals surface area (Å²) in [5.74, 6) is 0.613. The van der Waals surface area contributed by atoms with Gasteiger partial charge in [0, 0.05) is 0 Å². The average Bonchev–Trinajstić information content (AvgIpc) is 1.94. The van der Waals surface area contributed by atoms with Crippen LogP contribution < -0.4 is 10.2 Å². The summed E-state index contributed by atoms with van der Waals surface area (Å²) < 4.78 is 4.91. The number of hydrogen-bond acceptors (Lipinski definition) is 1. The van der Waals surface area contributed by atoms with E-state index in [1.165, 1.54) is 0 Å². The van der Waals surface area contributed by atoms with Crippen LogP contribution in [-0.4, -0.2) is 15.0 Å². The largest absolute Gasteiger partial charge is 0.495 e. The van der Waals surface area contributed by atoms with Gasteiger partial charge in [0.2, 0.25) is 0 Å². The number of rotatable bonds is 1. The molecule has 0 bridgehead atoms. The number of hydrogen-bond donors (Lipinski definition) is 0. The van der Waals surface area contributed by atoms with Gasteiger partial charge in [0.25, 0.3) is 0 Å². The molecule has 0 N–H and O–H groups in total. The lowest BCUT2D eigenvalue weighted by Crippen LogP contribution is -2.01. The molecule has 1 nitrogen and oxygen atoms in total. The van der Waals surface area contributed by atoms with Crippen LogP contribution in [0.5, 0.6) is 5.75 Å². The number of ether oxygens (including phenoxy) is 1. The van der Waals surface area contributed by atoms with E-state index < -0.39 is 0 Å². The Bertz CT molecular complexity index is 237. The van der Waals surface area contributed by atoms with Crippen molar-refractivity contribution in [1.82, 2.24) is 0 Å². The highest BCUT2D eigenvalue weighted by molar-refractivity contribution is 6.35. The Morgan fingerprint density at radius 2 is 2.20 bits per heavy atom. The fourth-order valence-electron chi connectivity index (χ4n) is 0.676. The van der Waals surface area contributed by atoms with E-state index in [1.54, 1.807) is 25.3 Å². The lowest BCUT2D eigenvalue weighted by atomic mass is 9.96. The van der Waals surface area contributed by atoms with Crippen LogP contribution in [0.15, 0.2) is 18.2 Å². The van der Waals surface area contributed by atoms with Crippen LogP contribution >= 0.6 is 11.6 Å². The smallest absolute Gasteiger partial charge is 0.136 e. The normalized spacial score (nSPS) is 9.40. The molecule has 10 heavy (non-hydrogen) atoms. The lowest BCUT2D eigenvalue weighted by molar-refractivity contribution is 0.415. The van der Waals surface area contributed by atoms with Crippen LogP contribution in [0.3, 0.4) is 0 Å². The minimum absolute atomic E-state index is 0.580. The molecule has 0 heterocycles. The Balaban J connectivity index is 3.09. The maximum Gasteiger partial charge on any atom is 0.136 e. The topological polar surface area (TPSA) is 9.23 Å². The van der Waals surface area contributed by atoms with E-state index >= 15 is 0 Å². The minimum Gasteiger partial charge on any atom is -0.495 e. The van der Waals surface area contributed by atoms with Crippen molar-refractivity contribution in [2.24, 2.45) is 0 Å². The Morgan fingerprint density at radius 3 is 2.70 bits per heavy atom. The van der Waals surface area contributed by atoms with Gasteiger partial charge in [-0.25, -0.2) is 0 Å². The van der Waals surface area contributed by atoms with Crippen molar-refractivity contribution in [3.63, 3.8) is 0 Å². The van der Waals surface area contributed by atoms with Crippen molar-refractivity contribution in [1.29, 1.82) is 0 Å². The summed E-state index contributed by atoms with van der Waals surface area (Å²) in [7, 11) is 7.02. The summed E-state index contributed by atoms with van der Waals surface area (Å²) in [5, 5.41) is 0.580. The Kier molecular flexibility index (Phi) is 2.23. The van der Waals surface area contributed by atoms with Crippen molar-refractivity contribution in [3.8, 4) is 5.75 Å². The highest BCUT2D eigenvalue weighted by Gasteiger charge is 1.96. The van der Waals surface area contributed by atoms with Crippen LogP contribution in [0.1, 0.15) is 0 Å². The van der Waals surface area contributed by atoms with Crippen molar-refractivity contribution >= 4 is 24.9 Å². The third-order valence-electron chi connectivity index (χ3n) is 1.18. The molecular weight excluding hydrogens is 146 g/mol. The zero-order valence-electron chi connectivity index (χ0n) is 5.60. The minimum atomic E-state index is 0.580. The summed E-state index contributed by atoms with van der Waals surface area (Å²) >= 11 is 5.72. The molecule has 50 valence electrons. The third kappa shape index (κ3) is 1.45. The second-order valence-electron chi connectivity index (χ2n) is 1.89. The van der Waals surface area contributed by atoms with Crippen LogP contribution in [0.25, 0.3) is 0 Å². The Hall–Kier alpha value is -0.625. The fraction of sp³-hybridized carbons (Fsp3) is 0.143. The molecule has 3 heteroatoms. The van der Waals surface area contributed by atoms with E-state index in [1.807, 2.05) is 0 Å². The molecule has 0 amide bonds. The van der Waals surface area contributed by atoms with E-state index in [0.29, 0.717) is 16.2 Å². The Morgan fingerprint density at radius 1 is 1.50 bits per heavy atom. The fourth-order valence-corrected chi connectivity index (χ4v) is 0.871. The molecule has 0 spiro atoms. The van der Waals surface area contributed by atoms with Crippen molar-refractivity contribution < 1.29 is 4.74 Å². The molecule has 0 atom stereocenters. The number of methoxy groups -OCH3 is 1. The highest BCUT2D eigenvalue weighted by Crippen LogP contribution is 2.20. The van der Waals surface area contributed by atoms with Gasteiger partial charge in [-0.05, 0) is 12.1 Å². The van der Waals surface area contributed by atoms with Gasteiger partial charge in [0.05, 0.1) is 12.1 Å². The molecule has 2 radical (unpaired) electrons. The second-order valence-corrected chi connectivity index (χ2v) is 2.30. The van der Waals surface area contributed by atoms with E-state index in [9.17, 15) is 0 Å². The highest BCUT2D eigenvalue weighted by atomic mass is 35.5. The molecule has 1 aromatic rings. The maximum absolute atomic E-state index is 5.72. The predicted octanol–water partition coefficient (Wildman–Crippen LogP) is 1.14. The number of benzene rings is 1.